The van der Waals surface area contributed by atoms with E-state index in [0.717, 1.165) is 13.1 Å². The lowest BCUT2D eigenvalue weighted by atomic mass is 10.2. The highest BCUT2D eigenvalue weighted by Crippen LogP contribution is 2.15. The van der Waals surface area contributed by atoms with Gasteiger partial charge in [0.2, 0.25) is 0 Å². The van der Waals surface area contributed by atoms with Crippen LogP contribution in [-0.2, 0) is 13.1 Å². The maximum Gasteiger partial charge on any atom is 0.0220 e. The van der Waals surface area contributed by atoms with Gasteiger partial charge in [-0.15, -0.1) is 0 Å². The Morgan fingerprint density at radius 2 is 2.00 bits per heavy atom. The molecule has 1 N–H and O–H groups in total. The van der Waals surface area contributed by atoms with Crippen LogP contribution in [0.5, 0.6) is 0 Å². The number of benzene rings is 1. The van der Waals surface area contributed by atoms with E-state index in [1.165, 1.54) is 15.6 Å². The van der Waals surface area contributed by atoms with Gasteiger partial charge < -0.3 is 5.32 Å². The molecule has 2 aromatic rings. The summed E-state index contributed by atoms with van der Waals surface area (Å²) in [5, 5.41) is 7.70. The molecule has 0 radical (unpaired) electrons. The van der Waals surface area contributed by atoms with Gasteiger partial charge in [-0.25, -0.2) is 0 Å². The van der Waals surface area contributed by atoms with Crippen molar-refractivity contribution < 1.29 is 0 Å². The van der Waals surface area contributed by atoms with Crippen LogP contribution in [0.15, 0.2) is 45.6 Å². The van der Waals surface area contributed by atoms with Crippen LogP contribution >= 0.6 is 27.3 Å². The number of halogens is 1. The van der Waals surface area contributed by atoms with E-state index in [9.17, 15) is 0 Å². The van der Waals surface area contributed by atoms with Gasteiger partial charge >= 0.3 is 0 Å². The summed E-state index contributed by atoms with van der Waals surface area (Å²) in [6.07, 6.45) is 0. The first-order valence-electron chi connectivity index (χ1n) is 4.81. The van der Waals surface area contributed by atoms with Gasteiger partial charge in [0.05, 0.1) is 0 Å². The Bertz CT molecular complexity index is 411. The van der Waals surface area contributed by atoms with E-state index in [0.29, 0.717) is 0 Å². The number of hydrogen-bond donors (Lipinski definition) is 1. The Morgan fingerprint density at radius 3 is 2.73 bits per heavy atom. The smallest absolute Gasteiger partial charge is 0.0220 e. The van der Waals surface area contributed by atoms with Gasteiger partial charge in [0.25, 0.3) is 0 Å². The predicted molar refractivity (Wildman–Crippen MR) is 69.0 cm³/mol. The fourth-order valence-electron chi connectivity index (χ4n) is 1.38. The first kappa shape index (κ1) is 10.9. The Morgan fingerprint density at radius 1 is 1.13 bits per heavy atom. The lowest BCUT2D eigenvalue weighted by Gasteiger charge is -2.05. The molecule has 0 fully saturated rings. The SMILES string of the molecule is Brc1ccccc1CNCc1ccsc1. The normalized spacial score (nSPS) is 10.5. The molecule has 0 spiro atoms. The van der Waals surface area contributed by atoms with Crippen molar-refractivity contribution in [2.24, 2.45) is 0 Å². The highest BCUT2D eigenvalue weighted by molar-refractivity contribution is 9.10. The molecule has 2 rings (SSSR count). The fraction of sp³-hybridized carbons (Fsp3) is 0.167. The van der Waals surface area contributed by atoms with Gasteiger partial charge in [-0.05, 0) is 34.0 Å². The first-order valence-corrected chi connectivity index (χ1v) is 6.55. The molecule has 15 heavy (non-hydrogen) atoms. The lowest BCUT2D eigenvalue weighted by molar-refractivity contribution is 0.693. The molecular weight excluding hydrogens is 270 g/mol. The number of hydrogen-bond acceptors (Lipinski definition) is 2. The fourth-order valence-corrected chi connectivity index (χ4v) is 2.47. The van der Waals surface area contributed by atoms with Crippen molar-refractivity contribution in [2.75, 3.05) is 0 Å². The molecule has 0 amide bonds. The third kappa shape index (κ3) is 3.16. The van der Waals surface area contributed by atoms with Crippen LogP contribution in [0.4, 0.5) is 0 Å². The molecule has 1 aromatic carbocycles. The van der Waals surface area contributed by atoms with E-state index >= 15 is 0 Å². The zero-order valence-corrected chi connectivity index (χ0v) is 10.6. The predicted octanol–water partition coefficient (Wildman–Crippen LogP) is 3.80. The summed E-state index contributed by atoms with van der Waals surface area (Å²) in [4.78, 5) is 0. The van der Waals surface area contributed by atoms with E-state index in [1.807, 2.05) is 6.07 Å². The number of nitrogens with one attached hydrogen (secondary N) is 1. The van der Waals surface area contributed by atoms with Gasteiger partial charge in [0, 0.05) is 17.6 Å². The van der Waals surface area contributed by atoms with Crippen molar-refractivity contribution in [3.8, 4) is 0 Å². The summed E-state index contributed by atoms with van der Waals surface area (Å²) in [6.45, 7) is 1.84. The molecular formula is C12H12BrNS. The molecule has 1 aromatic heterocycles. The minimum Gasteiger partial charge on any atom is -0.309 e. The highest BCUT2D eigenvalue weighted by atomic mass is 79.9. The Hall–Kier alpha value is -0.640. The molecule has 0 aliphatic heterocycles. The van der Waals surface area contributed by atoms with Gasteiger partial charge in [-0.1, -0.05) is 34.1 Å². The molecule has 0 unspecified atom stereocenters. The minimum atomic E-state index is 0.900. The Balaban J connectivity index is 1.86. The van der Waals surface area contributed by atoms with Gasteiger partial charge in [-0.2, -0.15) is 11.3 Å². The zero-order valence-electron chi connectivity index (χ0n) is 8.24. The molecule has 1 heterocycles. The van der Waals surface area contributed by atoms with Crippen molar-refractivity contribution in [1.82, 2.24) is 5.32 Å². The average molecular weight is 282 g/mol. The largest absolute Gasteiger partial charge is 0.309 e. The molecule has 0 bridgehead atoms. The van der Waals surface area contributed by atoms with Crippen LogP contribution in [0, 0.1) is 0 Å². The van der Waals surface area contributed by atoms with Crippen molar-refractivity contribution >= 4 is 27.3 Å². The van der Waals surface area contributed by atoms with Gasteiger partial charge in [0.1, 0.15) is 0 Å². The minimum absolute atomic E-state index is 0.900. The summed E-state index contributed by atoms with van der Waals surface area (Å²) < 4.78 is 1.17. The molecule has 0 saturated carbocycles. The van der Waals surface area contributed by atoms with Crippen LogP contribution in [0.2, 0.25) is 0 Å². The molecule has 1 nitrogen and oxygen atoms in total. The van der Waals surface area contributed by atoms with E-state index in [1.54, 1.807) is 11.3 Å². The molecule has 78 valence electrons. The van der Waals surface area contributed by atoms with Crippen molar-refractivity contribution in [2.45, 2.75) is 13.1 Å². The van der Waals surface area contributed by atoms with Gasteiger partial charge in [0.15, 0.2) is 0 Å². The van der Waals surface area contributed by atoms with Crippen LogP contribution < -0.4 is 5.32 Å². The van der Waals surface area contributed by atoms with Crippen LogP contribution in [0.25, 0.3) is 0 Å². The Kier molecular flexibility index (Phi) is 3.94. The standard InChI is InChI=1S/C12H12BrNS/c13-12-4-2-1-3-11(12)8-14-7-10-5-6-15-9-10/h1-6,9,14H,7-8H2. The quantitative estimate of drug-likeness (QED) is 0.899. The third-order valence-electron chi connectivity index (χ3n) is 2.18. The first-order chi connectivity index (χ1) is 7.36. The highest BCUT2D eigenvalue weighted by Gasteiger charge is 1.97. The molecule has 0 atom stereocenters. The summed E-state index contributed by atoms with van der Waals surface area (Å²) in [7, 11) is 0. The monoisotopic (exact) mass is 281 g/mol. The van der Waals surface area contributed by atoms with E-state index in [4.69, 9.17) is 0 Å². The van der Waals surface area contributed by atoms with E-state index in [-0.39, 0.29) is 0 Å². The second kappa shape index (κ2) is 5.45. The molecule has 3 heteroatoms. The summed E-state index contributed by atoms with van der Waals surface area (Å²) >= 11 is 5.28. The maximum atomic E-state index is 3.54. The van der Waals surface area contributed by atoms with Gasteiger partial charge in [-0.3, -0.25) is 0 Å². The molecule has 0 aliphatic carbocycles. The van der Waals surface area contributed by atoms with Crippen LogP contribution in [-0.4, -0.2) is 0 Å². The van der Waals surface area contributed by atoms with E-state index in [2.05, 4.69) is 56.3 Å². The lowest BCUT2D eigenvalue weighted by Crippen LogP contribution is -2.12. The molecule has 0 aliphatic rings. The molecule has 0 saturated heterocycles. The second-order valence-corrected chi connectivity index (χ2v) is 4.96. The van der Waals surface area contributed by atoms with Crippen molar-refractivity contribution in [3.63, 3.8) is 0 Å². The third-order valence-corrected chi connectivity index (χ3v) is 3.69. The average Bonchev–Trinajstić information content (AvgIpc) is 2.74. The number of rotatable bonds is 4. The van der Waals surface area contributed by atoms with Crippen molar-refractivity contribution in [3.05, 3.63) is 56.7 Å². The van der Waals surface area contributed by atoms with Crippen molar-refractivity contribution in [1.29, 1.82) is 0 Å². The summed E-state index contributed by atoms with van der Waals surface area (Å²) in [6, 6.07) is 10.4. The Labute approximate surface area is 102 Å². The van der Waals surface area contributed by atoms with Crippen LogP contribution in [0.3, 0.4) is 0 Å². The zero-order chi connectivity index (χ0) is 10.5. The van der Waals surface area contributed by atoms with E-state index < -0.39 is 0 Å². The number of thiophene rings is 1. The van der Waals surface area contributed by atoms with Crippen LogP contribution in [0.1, 0.15) is 11.1 Å². The summed E-state index contributed by atoms with van der Waals surface area (Å²) in [5.41, 5.74) is 2.65. The second-order valence-electron chi connectivity index (χ2n) is 3.33. The maximum absolute atomic E-state index is 3.54. The topological polar surface area (TPSA) is 12.0 Å². The summed E-state index contributed by atoms with van der Waals surface area (Å²) in [5.74, 6) is 0.